The Balaban J connectivity index is 2.04. The fraction of sp³-hybridized carbons (Fsp3) is 0.810. The van der Waals surface area contributed by atoms with Crippen LogP contribution in [0.2, 0.25) is 0 Å². The van der Waals surface area contributed by atoms with Crippen LogP contribution in [-0.2, 0) is 35.9 Å². The van der Waals surface area contributed by atoms with Crippen molar-refractivity contribution in [3.8, 4) is 0 Å². The Morgan fingerprint density at radius 2 is 2.00 bits per heavy atom. The first-order valence-electron chi connectivity index (χ1n) is 10.4. The number of hydrogen-bond donors (Lipinski definition) is 0. The Morgan fingerprint density at radius 1 is 1.31 bits per heavy atom. The van der Waals surface area contributed by atoms with Crippen LogP contribution in [0.5, 0.6) is 0 Å². The van der Waals surface area contributed by atoms with Crippen molar-refractivity contribution in [2.45, 2.75) is 95.3 Å². The highest BCUT2D eigenvalue weighted by Gasteiger charge is 2.44. The van der Waals surface area contributed by atoms with Gasteiger partial charge in [-0.25, -0.2) is 8.42 Å². The highest BCUT2D eigenvalue weighted by Crippen LogP contribution is 2.28. The molecule has 0 N–H and O–H groups in total. The molecule has 0 aliphatic carbocycles. The summed E-state index contributed by atoms with van der Waals surface area (Å²) in [6.07, 6.45) is 3.20. The summed E-state index contributed by atoms with van der Waals surface area (Å²) in [6.45, 7) is 11.5. The van der Waals surface area contributed by atoms with Crippen molar-refractivity contribution < 1.29 is 27.2 Å². The molecule has 1 aromatic heterocycles. The molecule has 2 rings (SSSR count). The fourth-order valence-corrected chi connectivity index (χ4v) is 5.02. The molecule has 0 spiro atoms. The van der Waals surface area contributed by atoms with E-state index in [0.29, 0.717) is 24.5 Å². The van der Waals surface area contributed by atoms with E-state index in [9.17, 15) is 13.2 Å². The van der Waals surface area contributed by atoms with Crippen molar-refractivity contribution in [3.63, 3.8) is 0 Å². The number of nitrogens with zero attached hydrogens (tertiary/aromatic N) is 1. The van der Waals surface area contributed by atoms with Crippen molar-refractivity contribution >= 4 is 15.6 Å². The van der Waals surface area contributed by atoms with Crippen LogP contribution < -0.4 is 0 Å². The maximum absolute atomic E-state index is 12.8. The van der Waals surface area contributed by atoms with E-state index in [0.717, 1.165) is 25.9 Å². The molecule has 0 radical (unpaired) electrons. The van der Waals surface area contributed by atoms with Gasteiger partial charge in [0.2, 0.25) is 0 Å². The van der Waals surface area contributed by atoms with E-state index >= 15 is 0 Å². The molecule has 1 unspecified atom stereocenters. The van der Waals surface area contributed by atoms with Gasteiger partial charge in [0.1, 0.15) is 10.5 Å². The molecule has 0 amide bonds. The zero-order valence-electron chi connectivity index (χ0n) is 18.5. The predicted molar refractivity (Wildman–Crippen MR) is 111 cm³/mol. The van der Waals surface area contributed by atoms with Gasteiger partial charge in [-0.15, -0.1) is 0 Å². The van der Waals surface area contributed by atoms with Gasteiger partial charge in [0.15, 0.2) is 21.9 Å². The minimum atomic E-state index is -3.60. The molecule has 1 aromatic rings. The van der Waals surface area contributed by atoms with Crippen molar-refractivity contribution in [1.82, 2.24) is 5.16 Å². The molecule has 0 aromatic carbocycles. The Labute approximate surface area is 174 Å². The number of carbonyl (C=O) groups excluding carboxylic acids is 1. The van der Waals surface area contributed by atoms with Crippen LogP contribution in [-0.4, -0.2) is 48.9 Å². The topological polar surface area (TPSA) is 95.7 Å². The fourth-order valence-electron chi connectivity index (χ4n) is 3.19. The van der Waals surface area contributed by atoms with Crippen LogP contribution in [0.25, 0.3) is 0 Å². The lowest BCUT2D eigenvalue weighted by molar-refractivity contribution is -0.170. The van der Waals surface area contributed by atoms with E-state index < -0.39 is 31.0 Å². The second-order valence-corrected chi connectivity index (χ2v) is 12.0. The summed E-state index contributed by atoms with van der Waals surface area (Å²) in [5, 5.41) is 3.52. The van der Waals surface area contributed by atoms with Gasteiger partial charge >= 0.3 is 0 Å². The van der Waals surface area contributed by atoms with E-state index in [4.69, 9.17) is 14.0 Å². The number of ether oxygens (including phenoxy) is 2. The molecule has 0 saturated carbocycles. The summed E-state index contributed by atoms with van der Waals surface area (Å²) >= 11 is 0. The van der Waals surface area contributed by atoms with Crippen LogP contribution in [0, 0.1) is 0 Å². The number of rotatable bonds is 10. The molecule has 29 heavy (non-hydrogen) atoms. The van der Waals surface area contributed by atoms with E-state index in [2.05, 4.69) is 5.16 Å². The molecular formula is C21H35NO6S. The summed E-state index contributed by atoms with van der Waals surface area (Å²) < 4.78 is 40.8. The number of hydrogen-bond acceptors (Lipinski definition) is 7. The van der Waals surface area contributed by atoms with Crippen molar-refractivity contribution in [3.05, 3.63) is 17.5 Å². The van der Waals surface area contributed by atoms with Gasteiger partial charge in [0.05, 0.1) is 24.0 Å². The average molecular weight is 430 g/mol. The molecule has 2 heterocycles. The monoisotopic (exact) mass is 429 g/mol. The summed E-state index contributed by atoms with van der Waals surface area (Å²) in [7, 11) is -3.60. The van der Waals surface area contributed by atoms with Crippen LogP contribution >= 0.6 is 0 Å². The van der Waals surface area contributed by atoms with Crippen molar-refractivity contribution in [2.24, 2.45) is 0 Å². The molecule has 8 heteroatoms. The quantitative estimate of drug-likeness (QED) is 0.561. The third-order valence-corrected chi connectivity index (χ3v) is 8.89. The molecule has 166 valence electrons. The van der Waals surface area contributed by atoms with E-state index in [1.807, 2.05) is 13.8 Å². The first-order valence-corrected chi connectivity index (χ1v) is 11.9. The van der Waals surface area contributed by atoms with E-state index in [1.54, 1.807) is 19.9 Å². The van der Waals surface area contributed by atoms with E-state index in [-0.39, 0.29) is 12.7 Å². The summed E-state index contributed by atoms with van der Waals surface area (Å²) in [5.74, 6) is -0.0374. The largest absolute Gasteiger partial charge is 0.361 e. The van der Waals surface area contributed by atoms with Crippen LogP contribution in [0.3, 0.4) is 0 Å². The minimum Gasteiger partial charge on any atom is -0.361 e. The Bertz CT molecular complexity index is 790. The van der Waals surface area contributed by atoms with Gasteiger partial charge in [-0.2, -0.15) is 0 Å². The third kappa shape index (κ3) is 5.47. The SMILES string of the molecule is CC[C@H](C)S(=O)(=O)C(C)(C)C(=O)Cc1cc(C(C)(C)COC2CCCCO2)no1. The maximum atomic E-state index is 12.8. The summed E-state index contributed by atoms with van der Waals surface area (Å²) in [4.78, 5) is 12.8. The molecular weight excluding hydrogens is 394 g/mol. The lowest BCUT2D eigenvalue weighted by atomic mass is 9.90. The summed E-state index contributed by atoms with van der Waals surface area (Å²) in [6, 6.07) is 1.72. The highest BCUT2D eigenvalue weighted by atomic mass is 32.2. The molecule has 2 atom stereocenters. The molecule has 1 aliphatic rings. The predicted octanol–water partition coefficient (Wildman–Crippen LogP) is 3.60. The van der Waals surface area contributed by atoms with Gasteiger partial charge in [-0.3, -0.25) is 4.79 Å². The van der Waals surface area contributed by atoms with Gasteiger partial charge in [0, 0.05) is 18.1 Å². The third-order valence-electron chi connectivity index (χ3n) is 5.84. The maximum Gasteiger partial charge on any atom is 0.165 e. The Hall–Kier alpha value is -1.25. The summed E-state index contributed by atoms with van der Waals surface area (Å²) in [5.41, 5.74) is 0.239. The number of ketones is 1. The number of Topliss-reactive ketones (excluding diaryl/α,β-unsaturated/α-hetero) is 1. The molecule has 7 nitrogen and oxygen atoms in total. The molecule has 1 aliphatic heterocycles. The van der Waals surface area contributed by atoms with Crippen LogP contribution in [0.15, 0.2) is 10.6 Å². The van der Waals surface area contributed by atoms with Crippen molar-refractivity contribution in [1.29, 1.82) is 0 Å². The second-order valence-electron chi connectivity index (χ2n) is 9.04. The zero-order chi connectivity index (χ0) is 21.9. The minimum absolute atomic E-state index is 0.113. The number of sulfone groups is 1. The zero-order valence-corrected chi connectivity index (χ0v) is 19.3. The van der Waals surface area contributed by atoms with Gasteiger partial charge in [-0.05, 0) is 46.5 Å². The normalized spacial score (nSPS) is 19.9. The smallest absolute Gasteiger partial charge is 0.165 e. The Kier molecular flexibility index (Phi) is 7.68. The number of aromatic nitrogens is 1. The highest BCUT2D eigenvalue weighted by molar-refractivity contribution is 7.94. The van der Waals surface area contributed by atoms with Gasteiger partial charge in [-0.1, -0.05) is 25.9 Å². The van der Waals surface area contributed by atoms with Gasteiger partial charge < -0.3 is 14.0 Å². The van der Waals surface area contributed by atoms with Crippen LogP contribution in [0.1, 0.15) is 78.7 Å². The number of carbonyl (C=O) groups is 1. The first-order chi connectivity index (χ1) is 13.4. The van der Waals surface area contributed by atoms with E-state index in [1.165, 1.54) is 13.8 Å². The second kappa shape index (κ2) is 9.27. The lowest BCUT2D eigenvalue weighted by Crippen LogP contribution is -2.45. The first kappa shape index (κ1) is 24.0. The van der Waals surface area contributed by atoms with Crippen LogP contribution in [0.4, 0.5) is 0 Å². The van der Waals surface area contributed by atoms with Gasteiger partial charge in [0.25, 0.3) is 0 Å². The average Bonchev–Trinajstić information content (AvgIpc) is 3.15. The molecule has 1 saturated heterocycles. The molecule has 1 fully saturated rings. The Morgan fingerprint density at radius 3 is 2.59 bits per heavy atom. The standard InChI is InChI=1S/C21H35NO6S/c1-7-15(2)29(24,25)21(5,6)18(23)13-16-12-17(22-28-16)20(3,4)14-27-19-10-8-9-11-26-19/h12,15,19H,7-11,13-14H2,1-6H3/t15-,19?/m0/s1. The lowest BCUT2D eigenvalue weighted by Gasteiger charge is -2.28. The molecule has 0 bridgehead atoms. The van der Waals surface area contributed by atoms with Crippen molar-refractivity contribution in [2.75, 3.05) is 13.2 Å².